The van der Waals surface area contributed by atoms with Gasteiger partial charge in [-0.3, -0.25) is 9.36 Å². The SMILES string of the molecule is CC(=O)n1cc(-c2cn(C)c3ccc(C)cc23)c2ccccc21. The summed E-state index contributed by atoms with van der Waals surface area (Å²) in [6.07, 6.45) is 4.11. The van der Waals surface area contributed by atoms with E-state index in [0.29, 0.717) is 0 Å². The van der Waals surface area contributed by atoms with Crippen LogP contribution in [0.15, 0.2) is 54.9 Å². The highest BCUT2D eigenvalue weighted by atomic mass is 16.1. The number of rotatable bonds is 1. The Balaban J connectivity index is 2.11. The third-order valence-electron chi connectivity index (χ3n) is 4.49. The van der Waals surface area contributed by atoms with Crippen molar-refractivity contribution in [3.63, 3.8) is 0 Å². The summed E-state index contributed by atoms with van der Waals surface area (Å²) in [6.45, 7) is 3.71. The minimum atomic E-state index is 0.0314. The minimum Gasteiger partial charge on any atom is -0.350 e. The van der Waals surface area contributed by atoms with Crippen LogP contribution in [0.25, 0.3) is 32.9 Å². The highest BCUT2D eigenvalue weighted by Crippen LogP contribution is 2.36. The molecular formula is C20H18N2O. The fraction of sp³-hybridized carbons (Fsp3) is 0.150. The standard InChI is InChI=1S/C20H18N2O/c1-13-8-9-19-16(10-13)17(11-21(19)3)18-12-22(14(2)23)20-7-5-4-6-15(18)20/h4-12H,1-3H3. The molecule has 114 valence electrons. The molecule has 0 amide bonds. The first kappa shape index (κ1) is 13.8. The van der Waals surface area contributed by atoms with Gasteiger partial charge in [0.2, 0.25) is 5.91 Å². The molecule has 0 radical (unpaired) electrons. The minimum absolute atomic E-state index is 0.0314. The van der Waals surface area contributed by atoms with E-state index in [0.717, 1.165) is 16.5 Å². The van der Waals surface area contributed by atoms with Crippen molar-refractivity contribution >= 4 is 27.7 Å². The molecule has 0 saturated carbocycles. The summed E-state index contributed by atoms with van der Waals surface area (Å²) >= 11 is 0. The van der Waals surface area contributed by atoms with Crippen LogP contribution >= 0.6 is 0 Å². The second-order valence-electron chi connectivity index (χ2n) is 6.12. The molecule has 4 rings (SSSR count). The summed E-state index contributed by atoms with van der Waals surface area (Å²) in [7, 11) is 2.06. The summed E-state index contributed by atoms with van der Waals surface area (Å²) in [5.74, 6) is 0.0314. The Labute approximate surface area is 134 Å². The zero-order valence-corrected chi connectivity index (χ0v) is 13.5. The number of aromatic nitrogens is 2. The van der Waals surface area contributed by atoms with E-state index in [9.17, 15) is 4.79 Å². The fourth-order valence-electron chi connectivity index (χ4n) is 3.38. The molecule has 3 nitrogen and oxygen atoms in total. The van der Waals surface area contributed by atoms with Crippen LogP contribution < -0.4 is 0 Å². The van der Waals surface area contributed by atoms with Crippen molar-refractivity contribution < 1.29 is 4.79 Å². The van der Waals surface area contributed by atoms with Crippen LogP contribution in [0.3, 0.4) is 0 Å². The average molecular weight is 302 g/mol. The molecule has 0 aliphatic heterocycles. The van der Waals surface area contributed by atoms with E-state index >= 15 is 0 Å². The average Bonchev–Trinajstić information content (AvgIpc) is 3.06. The van der Waals surface area contributed by atoms with Crippen LogP contribution in [0.5, 0.6) is 0 Å². The second kappa shape index (κ2) is 4.85. The topological polar surface area (TPSA) is 26.9 Å². The van der Waals surface area contributed by atoms with Gasteiger partial charge in [0.1, 0.15) is 0 Å². The van der Waals surface area contributed by atoms with Gasteiger partial charge in [-0.1, -0.05) is 29.8 Å². The molecule has 0 spiro atoms. The summed E-state index contributed by atoms with van der Waals surface area (Å²) in [6, 6.07) is 14.6. The maximum Gasteiger partial charge on any atom is 0.227 e. The molecule has 0 bridgehead atoms. The Kier molecular flexibility index (Phi) is 2.91. The van der Waals surface area contributed by atoms with Crippen LogP contribution in [0.1, 0.15) is 17.3 Å². The second-order valence-corrected chi connectivity index (χ2v) is 6.12. The van der Waals surface area contributed by atoms with Crippen LogP contribution in [-0.4, -0.2) is 15.0 Å². The van der Waals surface area contributed by atoms with Crippen molar-refractivity contribution in [3.05, 3.63) is 60.4 Å². The molecule has 23 heavy (non-hydrogen) atoms. The Morgan fingerprint density at radius 2 is 1.65 bits per heavy atom. The number of carbonyl (C=O) groups excluding carboxylic acids is 1. The van der Waals surface area contributed by atoms with Crippen molar-refractivity contribution in [1.82, 2.24) is 9.13 Å². The van der Waals surface area contributed by atoms with E-state index in [1.165, 1.54) is 22.0 Å². The monoisotopic (exact) mass is 302 g/mol. The first-order chi connectivity index (χ1) is 11.1. The van der Waals surface area contributed by atoms with Gasteiger partial charge in [-0.15, -0.1) is 0 Å². The zero-order valence-electron chi connectivity index (χ0n) is 13.5. The quantitative estimate of drug-likeness (QED) is 0.497. The summed E-state index contributed by atoms with van der Waals surface area (Å²) < 4.78 is 3.88. The lowest BCUT2D eigenvalue weighted by Gasteiger charge is -1.99. The number of aryl methyl sites for hydroxylation is 2. The third-order valence-corrected chi connectivity index (χ3v) is 4.49. The fourth-order valence-corrected chi connectivity index (χ4v) is 3.38. The lowest BCUT2D eigenvalue weighted by Crippen LogP contribution is -2.02. The first-order valence-electron chi connectivity index (χ1n) is 7.73. The first-order valence-corrected chi connectivity index (χ1v) is 7.73. The Bertz CT molecular complexity index is 1070. The van der Waals surface area contributed by atoms with Crippen molar-refractivity contribution in [2.45, 2.75) is 13.8 Å². The van der Waals surface area contributed by atoms with E-state index < -0.39 is 0 Å². The van der Waals surface area contributed by atoms with Crippen molar-refractivity contribution in [1.29, 1.82) is 0 Å². The number of para-hydroxylation sites is 1. The molecule has 0 fully saturated rings. The molecule has 0 aliphatic carbocycles. The van der Waals surface area contributed by atoms with Gasteiger partial charge in [0.25, 0.3) is 0 Å². The van der Waals surface area contributed by atoms with E-state index in [1.54, 1.807) is 11.5 Å². The summed E-state index contributed by atoms with van der Waals surface area (Å²) in [5, 5.41) is 2.33. The van der Waals surface area contributed by atoms with E-state index in [2.05, 4.69) is 49.0 Å². The molecule has 2 aromatic heterocycles. The van der Waals surface area contributed by atoms with Crippen LogP contribution in [0, 0.1) is 6.92 Å². The number of nitrogens with zero attached hydrogens (tertiary/aromatic N) is 2. The Morgan fingerprint density at radius 1 is 0.913 bits per heavy atom. The maximum atomic E-state index is 12.0. The number of fused-ring (bicyclic) bond motifs is 2. The number of hydrogen-bond donors (Lipinski definition) is 0. The summed E-state index contributed by atoms with van der Waals surface area (Å²) in [5.41, 5.74) is 5.67. The molecule has 0 saturated heterocycles. The molecule has 4 aromatic rings. The summed E-state index contributed by atoms with van der Waals surface area (Å²) in [4.78, 5) is 12.0. The van der Waals surface area contributed by atoms with E-state index in [4.69, 9.17) is 0 Å². The molecule has 0 aliphatic rings. The molecule has 2 heterocycles. The predicted molar refractivity (Wildman–Crippen MR) is 94.9 cm³/mol. The molecule has 2 aromatic carbocycles. The van der Waals surface area contributed by atoms with Gasteiger partial charge < -0.3 is 4.57 Å². The van der Waals surface area contributed by atoms with Gasteiger partial charge in [0, 0.05) is 53.8 Å². The lowest BCUT2D eigenvalue weighted by atomic mass is 10.0. The van der Waals surface area contributed by atoms with Crippen LogP contribution in [0.2, 0.25) is 0 Å². The molecular weight excluding hydrogens is 284 g/mol. The normalized spacial score (nSPS) is 11.4. The van der Waals surface area contributed by atoms with Crippen LogP contribution in [-0.2, 0) is 7.05 Å². The number of hydrogen-bond acceptors (Lipinski definition) is 1. The van der Waals surface area contributed by atoms with Gasteiger partial charge in [-0.25, -0.2) is 0 Å². The maximum absolute atomic E-state index is 12.0. The highest BCUT2D eigenvalue weighted by Gasteiger charge is 2.16. The highest BCUT2D eigenvalue weighted by molar-refractivity contribution is 6.07. The van der Waals surface area contributed by atoms with Gasteiger partial charge in [0.05, 0.1) is 5.52 Å². The molecule has 0 unspecified atom stereocenters. The van der Waals surface area contributed by atoms with Gasteiger partial charge in [-0.05, 0) is 25.1 Å². The third kappa shape index (κ3) is 2.00. The zero-order chi connectivity index (χ0) is 16.1. The predicted octanol–water partition coefficient (Wildman–Crippen LogP) is 4.77. The Hall–Kier alpha value is -2.81. The Morgan fingerprint density at radius 3 is 2.43 bits per heavy atom. The number of carbonyl (C=O) groups is 1. The molecule has 0 N–H and O–H groups in total. The van der Waals surface area contributed by atoms with Crippen molar-refractivity contribution in [3.8, 4) is 11.1 Å². The van der Waals surface area contributed by atoms with E-state index in [-0.39, 0.29) is 5.91 Å². The van der Waals surface area contributed by atoms with E-state index in [1.807, 2.05) is 24.4 Å². The largest absolute Gasteiger partial charge is 0.350 e. The van der Waals surface area contributed by atoms with Gasteiger partial charge >= 0.3 is 0 Å². The van der Waals surface area contributed by atoms with Crippen molar-refractivity contribution in [2.24, 2.45) is 7.05 Å². The molecule has 3 heteroatoms. The lowest BCUT2D eigenvalue weighted by molar-refractivity contribution is 0.0942. The van der Waals surface area contributed by atoms with Crippen LogP contribution in [0.4, 0.5) is 0 Å². The van der Waals surface area contributed by atoms with Gasteiger partial charge in [0.15, 0.2) is 0 Å². The smallest absolute Gasteiger partial charge is 0.227 e. The molecule has 0 atom stereocenters. The van der Waals surface area contributed by atoms with Gasteiger partial charge in [-0.2, -0.15) is 0 Å². The number of benzene rings is 2. The van der Waals surface area contributed by atoms with Crippen molar-refractivity contribution in [2.75, 3.05) is 0 Å².